The molecule has 2 aromatic carbocycles. The molecule has 0 bridgehead atoms. The summed E-state index contributed by atoms with van der Waals surface area (Å²) in [5.74, 6) is -0.712. The molecule has 0 aromatic heterocycles. The third kappa shape index (κ3) is 3.08. The Balaban J connectivity index is 1.76. The molecule has 5 heteroatoms. The highest BCUT2D eigenvalue weighted by Gasteiger charge is 2.34. The molecular weight excluding hydrogens is 370 g/mol. The van der Waals surface area contributed by atoms with Gasteiger partial charge in [0.15, 0.2) is 6.10 Å². The zero-order chi connectivity index (χ0) is 17.3. The van der Waals surface area contributed by atoms with Crippen LogP contribution in [0.15, 0.2) is 53.0 Å². The van der Waals surface area contributed by atoms with Crippen LogP contribution in [-0.2, 0) is 16.0 Å². The quantitative estimate of drug-likeness (QED) is 0.748. The van der Waals surface area contributed by atoms with Gasteiger partial charge in [0.1, 0.15) is 0 Å². The average Bonchev–Trinajstić information content (AvgIpc) is 2.90. The molecule has 0 fully saturated rings. The molecule has 0 saturated carbocycles. The molecule has 124 valence electrons. The fourth-order valence-corrected chi connectivity index (χ4v) is 3.45. The summed E-state index contributed by atoms with van der Waals surface area (Å²) in [6.07, 6.45) is -0.0366. The number of halogens is 1. The fourth-order valence-electron chi connectivity index (χ4n) is 3.00. The Labute approximate surface area is 149 Å². The Bertz CT molecular complexity index is 790. The number of benzene rings is 2. The monoisotopic (exact) mass is 387 g/mol. The third-order valence-electron chi connectivity index (χ3n) is 4.17. The second-order valence-corrected chi connectivity index (χ2v) is 6.77. The summed E-state index contributed by atoms with van der Waals surface area (Å²) in [7, 11) is 0. The van der Waals surface area contributed by atoms with Gasteiger partial charge in [0.25, 0.3) is 5.91 Å². The number of carbonyl (C=O) groups is 2. The van der Waals surface area contributed by atoms with E-state index in [9.17, 15) is 9.59 Å². The number of hydrogen-bond donors (Lipinski definition) is 0. The predicted octanol–water partition coefficient (Wildman–Crippen LogP) is 3.97. The zero-order valence-corrected chi connectivity index (χ0v) is 15.1. The molecule has 0 N–H and O–H groups in total. The summed E-state index contributed by atoms with van der Waals surface area (Å²) in [4.78, 5) is 26.8. The lowest BCUT2D eigenvalue weighted by Gasteiger charge is -2.26. The summed E-state index contributed by atoms with van der Waals surface area (Å²) in [6, 6.07) is 14.9. The largest absolute Gasteiger partial charge is 0.449 e. The van der Waals surface area contributed by atoms with Crippen LogP contribution in [0.2, 0.25) is 0 Å². The number of nitrogens with zero attached hydrogens (tertiary/aromatic N) is 1. The first-order valence-electron chi connectivity index (χ1n) is 7.85. The summed E-state index contributed by atoms with van der Waals surface area (Å²) in [5.41, 5.74) is 2.45. The van der Waals surface area contributed by atoms with Crippen molar-refractivity contribution in [1.29, 1.82) is 0 Å². The van der Waals surface area contributed by atoms with Crippen LogP contribution in [0.1, 0.15) is 29.8 Å². The van der Waals surface area contributed by atoms with Crippen molar-refractivity contribution in [3.05, 3.63) is 64.1 Å². The number of esters is 1. The smallest absolute Gasteiger partial charge is 0.340 e. The highest BCUT2D eigenvalue weighted by atomic mass is 79.9. The van der Waals surface area contributed by atoms with Crippen LogP contribution < -0.4 is 4.90 Å². The average molecular weight is 388 g/mol. The molecule has 0 spiro atoms. The molecule has 1 aliphatic heterocycles. The zero-order valence-electron chi connectivity index (χ0n) is 13.5. The number of anilines is 1. The first kappa shape index (κ1) is 16.7. The third-order valence-corrected chi connectivity index (χ3v) is 4.86. The molecule has 0 aliphatic carbocycles. The molecule has 0 radical (unpaired) electrons. The Morgan fingerprint density at radius 1 is 1.17 bits per heavy atom. The summed E-state index contributed by atoms with van der Waals surface area (Å²) < 4.78 is 6.04. The summed E-state index contributed by atoms with van der Waals surface area (Å²) in [6.45, 7) is 3.62. The van der Waals surface area contributed by atoms with Gasteiger partial charge in [-0.1, -0.05) is 30.3 Å². The molecular formula is C19H18BrNO3. The van der Waals surface area contributed by atoms with Gasteiger partial charge in [0, 0.05) is 16.2 Å². The van der Waals surface area contributed by atoms with E-state index < -0.39 is 12.1 Å². The second-order valence-electron chi connectivity index (χ2n) is 5.92. The Kier molecular flexibility index (Phi) is 4.71. The van der Waals surface area contributed by atoms with E-state index in [4.69, 9.17) is 4.74 Å². The Morgan fingerprint density at radius 3 is 2.58 bits per heavy atom. The molecule has 1 aliphatic rings. The SMILES string of the molecule is C[C@H](OC(=O)c1ccccc1Br)C(=O)N1c2ccccc2C[C@H]1C. The molecule has 24 heavy (non-hydrogen) atoms. The molecule has 2 atom stereocenters. The van der Waals surface area contributed by atoms with Crippen LogP contribution in [0.3, 0.4) is 0 Å². The van der Waals surface area contributed by atoms with E-state index in [0.717, 1.165) is 17.7 Å². The van der Waals surface area contributed by atoms with Gasteiger partial charge in [-0.3, -0.25) is 4.79 Å². The number of hydrogen-bond acceptors (Lipinski definition) is 3. The Morgan fingerprint density at radius 2 is 1.83 bits per heavy atom. The van der Waals surface area contributed by atoms with Gasteiger partial charge in [-0.25, -0.2) is 4.79 Å². The van der Waals surface area contributed by atoms with Gasteiger partial charge in [0.2, 0.25) is 0 Å². The lowest BCUT2D eigenvalue weighted by atomic mass is 10.1. The van der Waals surface area contributed by atoms with Crippen molar-refractivity contribution in [2.75, 3.05) is 4.90 Å². The molecule has 1 heterocycles. The lowest BCUT2D eigenvalue weighted by molar-refractivity contribution is -0.126. The number of ether oxygens (including phenoxy) is 1. The van der Waals surface area contributed by atoms with Gasteiger partial charge in [-0.15, -0.1) is 0 Å². The normalized spacial score (nSPS) is 17.3. The van der Waals surface area contributed by atoms with Crippen molar-refractivity contribution >= 4 is 33.5 Å². The van der Waals surface area contributed by atoms with E-state index in [-0.39, 0.29) is 11.9 Å². The fraction of sp³-hybridized carbons (Fsp3) is 0.263. The molecule has 0 unspecified atom stereocenters. The van der Waals surface area contributed by atoms with Crippen molar-refractivity contribution in [3.63, 3.8) is 0 Å². The van der Waals surface area contributed by atoms with Gasteiger partial charge < -0.3 is 9.64 Å². The number of fused-ring (bicyclic) bond motifs is 1. The first-order chi connectivity index (χ1) is 11.5. The van der Waals surface area contributed by atoms with Crippen molar-refractivity contribution in [2.24, 2.45) is 0 Å². The second kappa shape index (κ2) is 6.77. The maximum Gasteiger partial charge on any atom is 0.340 e. The van der Waals surface area contributed by atoms with Crippen molar-refractivity contribution < 1.29 is 14.3 Å². The van der Waals surface area contributed by atoms with Crippen LogP contribution in [0.25, 0.3) is 0 Å². The highest BCUT2D eigenvalue weighted by molar-refractivity contribution is 9.10. The number of amides is 1. The summed E-state index contributed by atoms with van der Waals surface area (Å²) in [5, 5.41) is 0. The predicted molar refractivity (Wildman–Crippen MR) is 96.1 cm³/mol. The Hall–Kier alpha value is -2.14. The number of para-hydroxylation sites is 1. The van der Waals surface area contributed by atoms with E-state index in [2.05, 4.69) is 15.9 Å². The van der Waals surface area contributed by atoms with Gasteiger partial charge in [-0.05, 0) is 60.0 Å². The highest BCUT2D eigenvalue weighted by Crippen LogP contribution is 2.32. The molecule has 4 nitrogen and oxygen atoms in total. The number of rotatable bonds is 3. The summed E-state index contributed by atoms with van der Waals surface area (Å²) >= 11 is 3.32. The van der Waals surface area contributed by atoms with Crippen molar-refractivity contribution in [3.8, 4) is 0 Å². The van der Waals surface area contributed by atoms with E-state index in [1.807, 2.05) is 37.3 Å². The topological polar surface area (TPSA) is 46.6 Å². The number of carbonyl (C=O) groups excluding carboxylic acids is 2. The van der Waals surface area contributed by atoms with Gasteiger partial charge in [-0.2, -0.15) is 0 Å². The molecule has 2 aromatic rings. The van der Waals surface area contributed by atoms with E-state index in [0.29, 0.717) is 10.0 Å². The van der Waals surface area contributed by atoms with E-state index in [1.165, 1.54) is 0 Å². The minimum absolute atomic E-state index is 0.0551. The minimum atomic E-state index is -0.849. The lowest BCUT2D eigenvalue weighted by Crippen LogP contribution is -2.43. The van der Waals surface area contributed by atoms with Crippen molar-refractivity contribution in [2.45, 2.75) is 32.4 Å². The first-order valence-corrected chi connectivity index (χ1v) is 8.65. The van der Waals surface area contributed by atoms with Crippen LogP contribution in [0.4, 0.5) is 5.69 Å². The van der Waals surface area contributed by atoms with E-state index >= 15 is 0 Å². The maximum absolute atomic E-state index is 12.8. The van der Waals surface area contributed by atoms with Crippen LogP contribution in [0, 0.1) is 0 Å². The van der Waals surface area contributed by atoms with Crippen molar-refractivity contribution in [1.82, 2.24) is 0 Å². The molecule has 1 amide bonds. The van der Waals surface area contributed by atoms with Crippen LogP contribution in [-0.4, -0.2) is 24.0 Å². The van der Waals surface area contributed by atoms with Crippen LogP contribution >= 0.6 is 15.9 Å². The molecule has 0 saturated heterocycles. The molecule has 3 rings (SSSR count). The minimum Gasteiger partial charge on any atom is -0.449 e. The van der Waals surface area contributed by atoms with Gasteiger partial charge in [0.05, 0.1) is 5.56 Å². The van der Waals surface area contributed by atoms with Crippen LogP contribution in [0.5, 0.6) is 0 Å². The maximum atomic E-state index is 12.8. The standard InChI is InChI=1S/C19H18BrNO3/c1-12-11-14-7-3-6-10-17(14)21(12)18(22)13(2)24-19(23)15-8-4-5-9-16(15)20/h3-10,12-13H,11H2,1-2H3/t12-,13+/m1/s1. The van der Waals surface area contributed by atoms with Gasteiger partial charge >= 0.3 is 5.97 Å². The van der Waals surface area contributed by atoms with E-state index in [1.54, 1.807) is 30.0 Å².